The summed E-state index contributed by atoms with van der Waals surface area (Å²) < 4.78 is 0. The predicted octanol–water partition coefficient (Wildman–Crippen LogP) is 2.92. The summed E-state index contributed by atoms with van der Waals surface area (Å²) in [6.07, 6.45) is 0.470. The highest BCUT2D eigenvalue weighted by Gasteiger charge is 2.14. The van der Waals surface area contributed by atoms with Crippen LogP contribution in [0.4, 0.5) is 5.69 Å². The van der Waals surface area contributed by atoms with E-state index in [0.29, 0.717) is 19.5 Å². The lowest BCUT2D eigenvalue weighted by Gasteiger charge is -2.21. The van der Waals surface area contributed by atoms with E-state index in [1.165, 1.54) is 0 Å². The summed E-state index contributed by atoms with van der Waals surface area (Å²) in [6.45, 7) is 3.26. The zero-order valence-electron chi connectivity index (χ0n) is 11.0. The molecular weight excluding hydrogens is 256 g/mol. The Balaban J connectivity index is 2.04. The fourth-order valence-corrected chi connectivity index (χ4v) is 2.63. The van der Waals surface area contributed by atoms with E-state index in [0.717, 1.165) is 16.1 Å². The van der Waals surface area contributed by atoms with Crippen molar-refractivity contribution in [2.24, 2.45) is 0 Å². The van der Waals surface area contributed by atoms with Crippen LogP contribution in [0.3, 0.4) is 0 Å². The number of hydrogen-bond acceptors (Lipinski definition) is 3. The van der Waals surface area contributed by atoms with E-state index in [2.05, 4.69) is 0 Å². The standard InChI is InChI=1S/C15H18N2OS/c1-2-17(11-12-6-3-4-8-14(12)16)15(18)10-13-7-5-9-19-13/h3-9H,2,10-11,16H2,1H3. The highest BCUT2D eigenvalue weighted by Crippen LogP contribution is 2.15. The molecule has 3 nitrogen and oxygen atoms in total. The number of nitrogen functional groups attached to an aromatic ring is 1. The number of benzene rings is 1. The van der Waals surface area contributed by atoms with Gasteiger partial charge in [0.2, 0.25) is 5.91 Å². The third kappa shape index (κ3) is 3.58. The van der Waals surface area contributed by atoms with Gasteiger partial charge in [-0.1, -0.05) is 24.3 Å². The van der Waals surface area contributed by atoms with E-state index >= 15 is 0 Å². The molecular formula is C15H18N2OS. The number of rotatable bonds is 5. The first-order valence-electron chi connectivity index (χ1n) is 6.34. The van der Waals surface area contributed by atoms with Crippen molar-refractivity contribution in [2.45, 2.75) is 19.9 Å². The molecule has 2 rings (SSSR count). The maximum Gasteiger partial charge on any atom is 0.228 e. The van der Waals surface area contributed by atoms with E-state index in [-0.39, 0.29) is 5.91 Å². The molecule has 2 N–H and O–H groups in total. The van der Waals surface area contributed by atoms with Crippen molar-refractivity contribution < 1.29 is 4.79 Å². The zero-order chi connectivity index (χ0) is 13.7. The minimum absolute atomic E-state index is 0.146. The first-order chi connectivity index (χ1) is 9.20. The number of likely N-dealkylation sites (N-methyl/N-ethyl adjacent to an activating group) is 1. The number of nitrogens with zero attached hydrogens (tertiary/aromatic N) is 1. The molecule has 0 aliphatic heterocycles. The quantitative estimate of drug-likeness (QED) is 0.852. The molecule has 1 aromatic carbocycles. The first-order valence-corrected chi connectivity index (χ1v) is 7.22. The Labute approximate surface area is 117 Å². The SMILES string of the molecule is CCN(Cc1ccccc1N)C(=O)Cc1cccs1. The van der Waals surface area contributed by atoms with Gasteiger partial charge in [0.1, 0.15) is 0 Å². The smallest absolute Gasteiger partial charge is 0.228 e. The van der Waals surface area contributed by atoms with Crippen LogP contribution in [0.5, 0.6) is 0 Å². The van der Waals surface area contributed by atoms with Crippen LogP contribution in [-0.4, -0.2) is 17.4 Å². The van der Waals surface area contributed by atoms with Crippen LogP contribution in [0.1, 0.15) is 17.4 Å². The Morgan fingerprint density at radius 3 is 2.68 bits per heavy atom. The number of anilines is 1. The van der Waals surface area contributed by atoms with Crippen molar-refractivity contribution >= 4 is 22.9 Å². The summed E-state index contributed by atoms with van der Waals surface area (Å²) >= 11 is 1.62. The van der Waals surface area contributed by atoms with Gasteiger partial charge < -0.3 is 10.6 Å². The summed E-state index contributed by atoms with van der Waals surface area (Å²) in [5.74, 6) is 0.146. The van der Waals surface area contributed by atoms with Crippen LogP contribution in [0.15, 0.2) is 41.8 Å². The molecule has 2 aromatic rings. The lowest BCUT2D eigenvalue weighted by Crippen LogP contribution is -2.31. The topological polar surface area (TPSA) is 46.3 Å². The van der Waals surface area contributed by atoms with E-state index in [4.69, 9.17) is 5.73 Å². The van der Waals surface area contributed by atoms with Crippen LogP contribution >= 0.6 is 11.3 Å². The number of hydrogen-bond donors (Lipinski definition) is 1. The number of nitrogens with two attached hydrogens (primary N) is 1. The average Bonchev–Trinajstić information content (AvgIpc) is 2.90. The molecule has 0 fully saturated rings. The number of carbonyl (C=O) groups is 1. The van der Waals surface area contributed by atoms with Crippen molar-refractivity contribution in [3.05, 3.63) is 52.2 Å². The van der Waals surface area contributed by atoms with E-state index < -0.39 is 0 Å². The van der Waals surface area contributed by atoms with Crippen molar-refractivity contribution in [3.8, 4) is 0 Å². The molecule has 0 aliphatic carbocycles. The third-order valence-corrected chi connectivity index (χ3v) is 3.93. The van der Waals surface area contributed by atoms with Crippen LogP contribution in [-0.2, 0) is 17.8 Å². The summed E-state index contributed by atoms with van der Waals surface area (Å²) in [7, 11) is 0. The largest absolute Gasteiger partial charge is 0.398 e. The molecule has 1 aromatic heterocycles. The molecule has 0 atom stereocenters. The average molecular weight is 274 g/mol. The minimum Gasteiger partial charge on any atom is -0.398 e. The van der Waals surface area contributed by atoms with Crippen LogP contribution in [0.2, 0.25) is 0 Å². The van der Waals surface area contributed by atoms with Gasteiger partial charge in [0, 0.05) is 23.7 Å². The van der Waals surface area contributed by atoms with Crippen LogP contribution in [0, 0.1) is 0 Å². The van der Waals surface area contributed by atoms with E-state index in [9.17, 15) is 4.79 Å². The van der Waals surface area contributed by atoms with Crippen LogP contribution < -0.4 is 5.73 Å². The highest BCUT2D eigenvalue weighted by molar-refractivity contribution is 7.10. The minimum atomic E-state index is 0.146. The summed E-state index contributed by atoms with van der Waals surface area (Å²) in [4.78, 5) is 15.2. The molecule has 0 saturated carbocycles. The molecule has 0 unspecified atom stereocenters. The summed E-state index contributed by atoms with van der Waals surface area (Å²) in [5, 5.41) is 1.99. The Morgan fingerprint density at radius 1 is 1.26 bits per heavy atom. The maximum absolute atomic E-state index is 12.2. The summed E-state index contributed by atoms with van der Waals surface area (Å²) in [6, 6.07) is 11.7. The lowest BCUT2D eigenvalue weighted by molar-refractivity contribution is -0.130. The molecule has 0 aliphatic rings. The van der Waals surface area contributed by atoms with Gasteiger partial charge in [-0.05, 0) is 30.0 Å². The van der Waals surface area contributed by atoms with E-state index in [1.807, 2.05) is 53.6 Å². The van der Waals surface area contributed by atoms with Crippen molar-refractivity contribution in [3.63, 3.8) is 0 Å². The van der Waals surface area contributed by atoms with E-state index in [1.54, 1.807) is 11.3 Å². The fraction of sp³-hybridized carbons (Fsp3) is 0.267. The number of carbonyl (C=O) groups excluding carboxylic acids is 1. The van der Waals surface area contributed by atoms with Crippen molar-refractivity contribution in [1.29, 1.82) is 0 Å². The monoisotopic (exact) mass is 274 g/mol. The Kier molecular flexibility index (Phi) is 4.58. The second-order valence-corrected chi connectivity index (χ2v) is 5.40. The fourth-order valence-electron chi connectivity index (χ4n) is 1.93. The molecule has 0 radical (unpaired) electrons. The summed E-state index contributed by atoms with van der Waals surface area (Å²) in [5.41, 5.74) is 7.67. The normalized spacial score (nSPS) is 10.4. The molecule has 1 heterocycles. The predicted molar refractivity (Wildman–Crippen MR) is 80.0 cm³/mol. The Bertz CT molecular complexity index is 537. The zero-order valence-corrected chi connectivity index (χ0v) is 11.8. The number of amides is 1. The molecule has 0 bridgehead atoms. The van der Waals surface area contributed by atoms with Crippen LogP contribution in [0.25, 0.3) is 0 Å². The molecule has 19 heavy (non-hydrogen) atoms. The molecule has 100 valence electrons. The highest BCUT2D eigenvalue weighted by atomic mass is 32.1. The molecule has 0 spiro atoms. The first kappa shape index (κ1) is 13.6. The van der Waals surface area contributed by atoms with Gasteiger partial charge in [0.05, 0.1) is 6.42 Å². The number of para-hydroxylation sites is 1. The van der Waals surface area contributed by atoms with Gasteiger partial charge in [-0.3, -0.25) is 4.79 Å². The van der Waals surface area contributed by atoms with Gasteiger partial charge in [-0.15, -0.1) is 11.3 Å². The maximum atomic E-state index is 12.2. The van der Waals surface area contributed by atoms with Gasteiger partial charge in [-0.2, -0.15) is 0 Å². The molecule has 0 saturated heterocycles. The molecule has 1 amide bonds. The second kappa shape index (κ2) is 6.38. The second-order valence-electron chi connectivity index (χ2n) is 4.36. The van der Waals surface area contributed by atoms with Gasteiger partial charge in [-0.25, -0.2) is 0 Å². The van der Waals surface area contributed by atoms with Gasteiger partial charge in [0.15, 0.2) is 0 Å². The van der Waals surface area contributed by atoms with Gasteiger partial charge >= 0.3 is 0 Å². The lowest BCUT2D eigenvalue weighted by atomic mass is 10.1. The number of thiophene rings is 1. The van der Waals surface area contributed by atoms with Gasteiger partial charge in [0.25, 0.3) is 0 Å². The Morgan fingerprint density at radius 2 is 2.05 bits per heavy atom. The van der Waals surface area contributed by atoms with Crippen molar-refractivity contribution in [2.75, 3.05) is 12.3 Å². The van der Waals surface area contributed by atoms with Crippen molar-refractivity contribution in [1.82, 2.24) is 4.90 Å². The Hall–Kier alpha value is -1.81. The molecule has 4 heteroatoms. The third-order valence-electron chi connectivity index (χ3n) is 3.06.